The summed E-state index contributed by atoms with van der Waals surface area (Å²) >= 11 is 2.74. The Morgan fingerprint density at radius 1 is 1.33 bits per heavy atom. The van der Waals surface area contributed by atoms with Crippen LogP contribution in [0.15, 0.2) is 10.4 Å². The molecule has 1 aromatic rings. The van der Waals surface area contributed by atoms with E-state index in [-0.39, 0.29) is 30.0 Å². The Hall–Kier alpha value is -1.32. The molecular weight excluding hydrogens is 386 g/mol. The SMILES string of the molecule is CCOC(=O)CSc1cnc(NC(=O)N(C2CCCCC2)C2CCCO2)s1. The van der Waals surface area contributed by atoms with Crippen molar-refractivity contribution in [3.63, 3.8) is 0 Å². The van der Waals surface area contributed by atoms with Gasteiger partial charge in [0.1, 0.15) is 6.23 Å². The summed E-state index contributed by atoms with van der Waals surface area (Å²) in [6.45, 7) is 2.88. The summed E-state index contributed by atoms with van der Waals surface area (Å²) in [4.78, 5) is 30.6. The van der Waals surface area contributed by atoms with Crippen LogP contribution in [0.3, 0.4) is 0 Å². The molecule has 2 amide bonds. The van der Waals surface area contributed by atoms with E-state index in [0.29, 0.717) is 18.3 Å². The number of nitrogens with zero attached hydrogens (tertiary/aromatic N) is 2. The number of thioether (sulfide) groups is 1. The van der Waals surface area contributed by atoms with E-state index in [2.05, 4.69) is 10.3 Å². The zero-order valence-electron chi connectivity index (χ0n) is 15.6. The zero-order valence-corrected chi connectivity index (χ0v) is 17.3. The number of aromatic nitrogens is 1. The Balaban J connectivity index is 1.59. The van der Waals surface area contributed by atoms with E-state index in [9.17, 15) is 9.59 Å². The topological polar surface area (TPSA) is 80.8 Å². The quantitative estimate of drug-likeness (QED) is 0.535. The fraction of sp³-hybridized carbons (Fsp3) is 0.722. The highest BCUT2D eigenvalue weighted by atomic mass is 32.2. The minimum absolute atomic E-state index is 0.134. The van der Waals surface area contributed by atoms with Gasteiger partial charge in [-0.2, -0.15) is 0 Å². The number of carbonyl (C=O) groups is 2. The summed E-state index contributed by atoms with van der Waals surface area (Å²) in [6.07, 6.45) is 9.06. The van der Waals surface area contributed by atoms with Crippen molar-refractivity contribution in [3.8, 4) is 0 Å². The van der Waals surface area contributed by atoms with E-state index in [0.717, 1.165) is 42.7 Å². The van der Waals surface area contributed by atoms with Gasteiger partial charge >= 0.3 is 12.0 Å². The number of hydrogen-bond acceptors (Lipinski definition) is 7. The van der Waals surface area contributed by atoms with Crippen molar-refractivity contribution in [1.82, 2.24) is 9.88 Å². The van der Waals surface area contributed by atoms with Crippen LogP contribution in [0.2, 0.25) is 0 Å². The first-order valence-corrected chi connectivity index (χ1v) is 11.4. The van der Waals surface area contributed by atoms with Crippen molar-refractivity contribution in [2.75, 3.05) is 24.3 Å². The molecule has 2 fully saturated rings. The molecule has 2 heterocycles. The number of rotatable bonds is 7. The average Bonchev–Trinajstić information content (AvgIpc) is 3.34. The van der Waals surface area contributed by atoms with Crippen LogP contribution in [0.1, 0.15) is 51.9 Å². The number of carbonyl (C=O) groups excluding carboxylic acids is 2. The molecule has 7 nitrogen and oxygen atoms in total. The lowest BCUT2D eigenvalue weighted by atomic mass is 9.94. The first-order valence-electron chi connectivity index (χ1n) is 9.62. The molecule has 0 spiro atoms. The van der Waals surface area contributed by atoms with Gasteiger partial charge in [0.05, 0.1) is 22.8 Å². The van der Waals surface area contributed by atoms with Crippen molar-refractivity contribution in [1.29, 1.82) is 0 Å². The maximum Gasteiger partial charge on any atom is 0.325 e. The molecule has 1 aliphatic heterocycles. The first kappa shape index (κ1) is 20.4. The highest BCUT2D eigenvalue weighted by molar-refractivity contribution is 8.01. The maximum atomic E-state index is 13.0. The molecule has 1 aromatic heterocycles. The highest BCUT2D eigenvalue weighted by Gasteiger charge is 2.34. The fourth-order valence-corrected chi connectivity index (χ4v) is 5.20. The molecule has 1 atom stereocenters. The number of amides is 2. The molecule has 1 unspecified atom stereocenters. The van der Waals surface area contributed by atoms with Gasteiger partial charge in [-0.3, -0.25) is 15.0 Å². The second-order valence-corrected chi connectivity index (χ2v) is 8.98. The molecule has 1 saturated carbocycles. The van der Waals surface area contributed by atoms with E-state index < -0.39 is 0 Å². The molecule has 0 bridgehead atoms. The molecule has 3 rings (SSSR count). The Morgan fingerprint density at radius 3 is 2.85 bits per heavy atom. The lowest BCUT2D eigenvalue weighted by Gasteiger charge is -2.37. The summed E-state index contributed by atoms with van der Waals surface area (Å²) in [5.41, 5.74) is 0. The van der Waals surface area contributed by atoms with Crippen LogP contribution in [0.25, 0.3) is 0 Å². The normalized spacial score (nSPS) is 20.4. The van der Waals surface area contributed by atoms with Gasteiger partial charge < -0.3 is 9.47 Å². The summed E-state index contributed by atoms with van der Waals surface area (Å²) in [6, 6.07) is 0.101. The van der Waals surface area contributed by atoms with Gasteiger partial charge in [-0.25, -0.2) is 9.78 Å². The second-order valence-electron chi connectivity index (χ2n) is 6.68. The van der Waals surface area contributed by atoms with E-state index in [1.807, 2.05) is 4.90 Å². The molecule has 150 valence electrons. The maximum absolute atomic E-state index is 13.0. The molecule has 27 heavy (non-hydrogen) atoms. The Morgan fingerprint density at radius 2 is 2.15 bits per heavy atom. The number of urea groups is 1. The third kappa shape index (κ3) is 5.83. The van der Waals surface area contributed by atoms with Gasteiger partial charge in [-0.15, -0.1) is 11.8 Å². The molecule has 1 aliphatic carbocycles. The van der Waals surface area contributed by atoms with Crippen molar-refractivity contribution in [3.05, 3.63) is 6.20 Å². The Kier molecular flexibility index (Phi) is 7.78. The van der Waals surface area contributed by atoms with E-state index in [4.69, 9.17) is 9.47 Å². The average molecular weight is 414 g/mol. The van der Waals surface area contributed by atoms with Crippen LogP contribution >= 0.6 is 23.1 Å². The fourth-order valence-electron chi connectivity index (χ4n) is 3.54. The lowest BCUT2D eigenvalue weighted by Crippen LogP contribution is -2.49. The van der Waals surface area contributed by atoms with Crippen LogP contribution < -0.4 is 5.32 Å². The number of hydrogen-bond donors (Lipinski definition) is 1. The number of nitrogens with one attached hydrogen (secondary N) is 1. The molecule has 2 aliphatic rings. The lowest BCUT2D eigenvalue weighted by molar-refractivity contribution is -0.139. The highest BCUT2D eigenvalue weighted by Crippen LogP contribution is 2.31. The van der Waals surface area contributed by atoms with Gasteiger partial charge in [0.2, 0.25) is 0 Å². The van der Waals surface area contributed by atoms with Crippen molar-refractivity contribution in [2.24, 2.45) is 0 Å². The van der Waals surface area contributed by atoms with E-state index >= 15 is 0 Å². The Labute approximate surface area is 168 Å². The molecule has 1 N–H and O–H groups in total. The first-order chi connectivity index (χ1) is 13.2. The van der Waals surface area contributed by atoms with Crippen LogP contribution in [0, 0.1) is 0 Å². The monoisotopic (exact) mass is 413 g/mol. The number of thiazole rings is 1. The second kappa shape index (κ2) is 10.3. The largest absolute Gasteiger partial charge is 0.465 e. The van der Waals surface area contributed by atoms with Crippen LogP contribution in [0.4, 0.5) is 9.93 Å². The molecule has 1 saturated heterocycles. The summed E-state index contributed by atoms with van der Waals surface area (Å²) < 4.78 is 11.6. The third-order valence-corrected chi connectivity index (χ3v) is 6.84. The van der Waals surface area contributed by atoms with Crippen LogP contribution in [0.5, 0.6) is 0 Å². The standard InChI is InChI=1S/C18H27N3O4S2/c1-2-24-15(22)12-26-16-11-19-17(27-16)20-18(23)21(14-9-6-10-25-14)13-7-4-3-5-8-13/h11,13-14H,2-10,12H2,1H3,(H,19,20,23). The Bertz CT molecular complexity index is 628. The molecule has 0 aromatic carbocycles. The van der Waals surface area contributed by atoms with Gasteiger partial charge in [-0.1, -0.05) is 30.6 Å². The predicted molar refractivity (Wildman–Crippen MR) is 106 cm³/mol. The summed E-state index contributed by atoms with van der Waals surface area (Å²) in [5, 5.41) is 3.48. The third-order valence-electron chi connectivity index (χ3n) is 4.75. The van der Waals surface area contributed by atoms with Crippen LogP contribution in [-0.2, 0) is 14.3 Å². The number of ether oxygens (including phenoxy) is 2. The van der Waals surface area contributed by atoms with E-state index in [1.54, 1.807) is 13.1 Å². The summed E-state index contributed by atoms with van der Waals surface area (Å²) in [7, 11) is 0. The van der Waals surface area contributed by atoms with E-state index in [1.165, 1.54) is 29.5 Å². The number of anilines is 1. The zero-order chi connectivity index (χ0) is 19.1. The van der Waals surface area contributed by atoms with Gasteiger partial charge in [0.25, 0.3) is 0 Å². The summed E-state index contributed by atoms with van der Waals surface area (Å²) in [5.74, 6) is -0.00332. The molecular formula is C18H27N3O4S2. The van der Waals surface area contributed by atoms with Gasteiger partial charge in [0, 0.05) is 12.6 Å². The molecule has 0 radical (unpaired) electrons. The minimum atomic E-state index is -0.247. The minimum Gasteiger partial charge on any atom is -0.465 e. The molecule has 9 heteroatoms. The van der Waals surface area contributed by atoms with Crippen molar-refractivity contribution < 1.29 is 19.1 Å². The van der Waals surface area contributed by atoms with Crippen molar-refractivity contribution >= 4 is 40.2 Å². The van der Waals surface area contributed by atoms with Gasteiger partial charge in [-0.05, 0) is 32.6 Å². The smallest absolute Gasteiger partial charge is 0.325 e. The number of esters is 1. The van der Waals surface area contributed by atoms with Crippen LogP contribution in [-0.4, -0.2) is 53.1 Å². The van der Waals surface area contributed by atoms with Crippen molar-refractivity contribution in [2.45, 2.75) is 68.3 Å². The van der Waals surface area contributed by atoms with Gasteiger partial charge in [0.15, 0.2) is 5.13 Å². The predicted octanol–water partition coefficient (Wildman–Crippen LogP) is 4.10.